The molecular formula is C23H22ClN5S. The number of fused-ring (bicyclic) bond motifs is 4. The van der Waals surface area contributed by atoms with Gasteiger partial charge in [-0.3, -0.25) is 4.57 Å². The molecule has 0 atom stereocenters. The van der Waals surface area contributed by atoms with Crippen LogP contribution in [0.25, 0.3) is 15.8 Å². The minimum Gasteiger partial charge on any atom is -0.306 e. The summed E-state index contributed by atoms with van der Waals surface area (Å²) in [6.45, 7) is 1.52. The molecule has 1 fully saturated rings. The van der Waals surface area contributed by atoms with Crippen molar-refractivity contribution in [2.45, 2.75) is 50.6 Å². The summed E-state index contributed by atoms with van der Waals surface area (Å²) in [5.41, 5.74) is 3.65. The molecule has 1 aliphatic carbocycles. The highest BCUT2D eigenvalue weighted by molar-refractivity contribution is 7.13. The molecule has 0 amide bonds. The first-order valence-electron chi connectivity index (χ1n) is 10.6. The van der Waals surface area contributed by atoms with Gasteiger partial charge in [-0.2, -0.15) is 4.37 Å². The van der Waals surface area contributed by atoms with Gasteiger partial charge in [-0.05, 0) is 67.0 Å². The Bertz CT molecular complexity index is 1220. The lowest BCUT2D eigenvalue weighted by molar-refractivity contribution is 0.380. The predicted octanol–water partition coefficient (Wildman–Crippen LogP) is 5.58. The van der Waals surface area contributed by atoms with Gasteiger partial charge < -0.3 is 5.32 Å². The van der Waals surface area contributed by atoms with Crippen LogP contribution in [0.1, 0.15) is 60.4 Å². The summed E-state index contributed by atoms with van der Waals surface area (Å²) in [7, 11) is 0. The molecule has 0 radical (unpaired) electrons. The summed E-state index contributed by atoms with van der Waals surface area (Å²) in [6.07, 6.45) is 4.52. The average Bonchev–Trinajstić information content (AvgIpc) is 3.34. The zero-order valence-electron chi connectivity index (χ0n) is 16.5. The summed E-state index contributed by atoms with van der Waals surface area (Å²) in [4.78, 5) is 0. The van der Waals surface area contributed by atoms with Crippen LogP contribution in [0.2, 0.25) is 5.02 Å². The summed E-state index contributed by atoms with van der Waals surface area (Å²) in [6, 6.07) is 14.7. The first-order valence-corrected chi connectivity index (χ1v) is 11.7. The molecule has 4 aromatic rings. The standard InChI is InChI=1S/C23H22ClN5S/c24-17-9-10-19-16(11-17)12-25-13-21-26-27-23(29(19)21)15-7-5-14(6-8-15)22-18-3-1-2-4-20(18)30-28-22/h1-4,9-11,14-15,25H,5-8,12-13H2/t14-,15+. The van der Waals surface area contributed by atoms with Gasteiger partial charge >= 0.3 is 0 Å². The first kappa shape index (κ1) is 18.5. The Morgan fingerprint density at radius 2 is 1.80 bits per heavy atom. The first-order chi connectivity index (χ1) is 14.8. The SMILES string of the molecule is Clc1ccc2c(c1)CNCc1nnc([C@H]3CC[C@@H](c4nsc5ccccc54)CC3)n1-2. The van der Waals surface area contributed by atoms with Crippen LogP contribution in [-0.2, 0) is 13.1 Å². The molecule has 30 heavy (non-hydrogen) atoms. The lowest BCUT2D eigenvalue weighted by Gasteiger charge is -2.28. The van der Waals surface area contributed by atoms with E-state index in [1.165, 1.54) is 21.3 Å². The number of hydrogen-bond donors (Lipinski definition) is 1. The van der Waals surface area contributed by atoms with Gasteiger partial charge in [-0.1, -0.05) is 29.8 Å². The lowest BCUT2D eigenvalue weighted by atomic mass is 9.79. The highest BCUT2D eigenvalue weighted by Gasteiger charge is 2.31. The van der Waals surface area contributed by atoms with Gasteiger partial charge in [0.15, 0.2) is 5.82 Å². The van der Waals surface area contributed by atoms with E-state index in [0.29, 0.717) is 11.8 Å². The topological polar surface area (TPSA) is 55.6 Å². The molecule has 2 aromatic carbocycles. The Morgan fingerprint density at radius 3 is 2.70 bits per heavy atom. The van der Waals surface area contributed by atoms with E-state index in [1.807, 2.05) is 12.1 Å². The number of hydrogen-bond acceptors (Lipinski definition) is 5. The van der Waals surface area contributed by atoms with Crippen LogP contribution < -0.4 is 5.32 Å². The maximum Gasteiger partial charge on any atom is 0.151 e. The second-order valence-corrected chi connectivity index (χ2v) is 9.54. The van der Waals surface area contributed by atoms with Crippen LogP contribution in [0, 0.1) is 0 Å². The lowest BCUT2D eigenvalue weighted by Crippen LogP contribution is -2.17. The Hall–Kier alpha value is -2.28. The predicted molar refractivity (Wildman–Crippen MR) is 120 cm³/mol. The largest absolute Gasteiger partial charge is 0.306 e. The van der Waals surface area contributed by atoms with Crippen LogP contribution >= 0.6 is 23.1 Å². The van der Waals surface area contributed by atoms with Crippen LogP contribution in [0.4, 0.5) is 0 Å². The third-order valence-corrected chi connectivity index (χ3v) is 7.60. The molecule has 2 aromatic heterocycles. The number of nitrogens with zero attached hydrogens (tertiary/aromatic N) is 4. The highest BCUT2D eigenvalue weighted by Crippen LogP contribution is 2.43. The quantitative estimate of drug-likeness (QED) is 0.447. The minimum absolute atomic E-state index is 0.425. The van der Waals surface area contributed by atoms with Gasteiger partial charge in [0.25, 0.3) is 0 Å². The molecule has 6 rings (SSSR count). The summed E-state index contributed by atoms with van der Waals surface area (Å²) in [5.74, 6) is 3.04. The molecule has 152 valence electrons. The van der Waals surface area contributed by atoms with Crippen molar-refractivity contribution < 1.29 is 0 Å². The molecule has 7 heteroatoms. The van der Waals surface area contributed by atoms with Crippen molar-refractivity contribution in [3.05, 3.63) is 70.4 Å². The van der Waals surface area contributed by atoms with E-state index >= 15 is 0 Å². The van der Waals surface area contributed by atoms with E-state index in [0.717, 1.165) is 61.1 Å². The van der Waals surface area contributed by atoms with Gasteiger partial charge in [0.1, 0.15) is 5.82 Å². The minimum atomic E-state index is 0.425. The fourth-order valence-corrected chi connectivity index (χ4v) is 6.07. The van der Waals surface area contributed by atoms with E-state index in [2.05, 4.69) is 50.4 Å². The van der Waals surface area contributed by atoms with Crippen molar-refractivity contribution in [1.29, 1.82) is 0 Å². The van der Waals surface area contributed by atoms with Crippen LogP contribution in [-0.4, -0.2) is 19.1 Å². The van der Waals surface area contributed by atoms with Gasteiger partial charge in [0.2, 0.25) is 0 Å². The summed E-state index contributed by atoms with van der Waals surface area (Å²) < 4.78 is 8.38. The van der Waals surface area contributed by atoms with Gasteiger partial charge in [-0.15, -0.1) is 10.2 Å². The number of nitrogens with one attached hydrogen (secondary N) is 1. The van der Waals surface area contributed by atoms with Gasteiger partial charge in [0.05, 0.1) is 22.6 Å². The second kappa shape index (κ2) is 7.45. The van der Waals surface area contributed by atoms with E-state index in [-0.39, 0.29) is 0 Å². The molecule has 5 nitrogen and oxygen atoms in total. The van der Waals surface area contributed by atoms with E-state index < -0.39 is 0 Å². The monoisotopic (exact) mass is 435 g/mol. The molecule has 0 bridgehead atoms. The average molecular weight is 436 g/mol. The molecule has 0 spiro atoms. The van der Waals surface area contributed by atoms with Crippen molar-refractivity contribution >= 4 is 33.2 Å². The van der Waals surface area contributed by atoms with Crippen molar-refractivity contribution in [1.82, 2.24) is 24.5 Å². The fourth-order valence-electron chi connectivity index (χ4n) is 5.02. The Balaban J connectivity index is 1.29. The van der Waals surface area contributed by atoms with Crippen molar-refractivity contribution in [3.8, 4) is 5.69 Å². The summed E-state index contributed by atoms with van der Waals surface area (Å²) in [5, 5.41) is 14.7. The Labute approximate surface area is 184 Å². The molecular weight excluding hydrogens is 414 g/mol. The number of benzene rings is 2. The van der Waals surface area contributed by atoms with Crippen LogP contribution in [0.5, 0.6) is 0 Å². The zero-order chi connectivity index (χ0) is 20.1. The smallest absolute Gasteiger partial charge is 0.151 e. The zero-order valence-corrected chi connectivity index (χ0v) is 18.1. The third kappa shape index (κ3) is 3.06. The number of halogens is 1. The molecule has 0 unspecified atom stereocenters. The maximum absolute atomic E-state index is 6.25. The van der Waals surface area contributed by atoms with Crippen LogP contribution in [0.15, 0.2) is 42.5 Å². The molecule has 0 saturated heterocycles. The third-order valence-electron chi connectivity index (χ3n) is 6.52. The molecule has 1 aliphatic heterocycles. The normalized spacial score (nSPS) is 21.2. The van der Waals surface area contributed by atoms with E-state index in [9.17, 15) is 0 Å². The Morgan fingerprint density at radius 1 is 0.967 bits per heavy atom. The molecule has 3 heterocycles. The fraction of sp³-hybridized carbons (Fsp3) is 0.348. The van der Waals surface area contributed by atoms with E-state index in [4.69, 9.17) is 16.0 Å². The second-order valence-electron chi connectivity index (χ2n) is 8.30. The number of rotatable bonds is 2. The highest BCUT2D eigenvalue weighted by atomic mass is 35.5. The van der Waals surface area contributed by atoms with E-state index in [1.54, 1.807) is 11.5 Å². The molecule has 1 saturated carbocycles. The number of aromatic nitrogens is 4. The maximum atomic E-state index is 6.25. The van der Waals surface area contributed by atoms with Gasteiger partial charge in [-0.25, -0.2) is 0 Å². The van der Waals surface area contributed by atoms with Crippen molar-refractivity contribution in [2.75, 3.05) is 0 Å². The molecule has 2 aliphatic rings. The van der Waals surface area contributed by atoms with Crippen molar-refractivity contribution in [2.24, 2.45) is 0 Å². The molecule has 1 N–H and O–H groups in total. The van der Waals surface area contributed by atoms with Crippen molar-refractivity contribution in [3.63, 3.8) is 0 Å². The summed E-state index contributed by atoms with van der Waals surface area (Å²) >= 11 is 7.88. The Kier molecular flexibility index (Phi) is 4.59. The van der Waals surface area contributed by atoms with Crippen LogP contribution in [0.3, 0.4) is 0 Å². The van der Waals surface area contributed by atoms with Gasteiger partial charge in [0, 0.05) is 28.8 Å².